The van der Waals surface area contributed by atoms with E-state index < -0.39 is 0 Å². The molecule has 0 bridgehead atoms. The van der Waals surface area contributed by atoms with E-state index in [9.17, 15) is 4.39 Å². The van der Waals surface area contributed by atoms with Crippen molar-refractivity contribution in [2.75, 3.05) is 0 Å². The van der Waals surface area contributed by atoms with E-state index in [1.54, 1.807) is 6.07 Å². The molecule has 0 aliphatic heterocycles. The van der Waals surface area contributed by atoms with E-state index >= 15 is 0 Å². The topological polar surface area (TPSA) is 9.23 Å². The number of halogens is 5. The van der Waals surface area contributed by atoms with Crippen LogP contribution in [0.5, 0.6) is 5.75 Å². The summed E-state index contributed by atoms with van der Waals surface area (Å²) in [6.45, 7) is 0.228. The van der Waals surface area contributed by atoms with Gasteiger partial charge in [0.25, 0.3) is 0 Å². The highest BCUT2D eigenvalue weighted by atomic mass is 127. The Morgan fingerprint density at radius 1 is 1.05 bits per heavy atom. The molecule has 0 radical (unpaired) electrons. The zero-order valence-corrected chi connectivity index (χ0v) is 17.5. The van der Waals surface area contributed by atoms with Crippen molar-refractivity contribution in [3.05, 3.63) is 56.9 Å². The number of rotatable bonds is 3. The molecule has 0 aliphatic rings. The van der Waals surface area contributed by atoms with E-state index in [2.05, 4.69) is 83.7 Å². The molecule has 2 rings (SSSR count). The van der Waals surface area contributed by atoms with Crippen LogP contribution in [-0.2, 0) is 6.61 Å². The van der Waals surface area contributed by atoms with Crippen LogP contribution >= 0.6 is 83.7 Å². The van der Waals surface area contributed by atoms with Crippen molar-refractivity contribution in [3.63, 3.8) is 0 Å². The quantitative estimate of drug-likeness (QED) is 0.369. The number of hydrogen-bond donors (Lipinski definition) is 0. The summed E-state index contributed by atoms with van der Waals surface area (Å²) in [5.41, 5.74) is 0.549. The van der Waals surface area contributed by atoms with Gasteiger partial charge in [-0.05, 0) is 92.0 Å². The summed E-state index contributed by atoms with van der Waals surface area (Å²) in [5.74, 6) is 0.550. The highest BCUT2D eigenvalue weighted by Gasteiger charge is 2.10. The first-order chi connectivity index (χ1) is 8.97. The van der Waals surface area contributed by atoms with Gasteiger partial charge in [-0.15, -0.1) is 0 Å². The average molecular weight is 659 g/mol. The molecule has 0 spiro atoms. The van der Waals surface area contributed by atoms with E-state index in [0.29, 0.717) is 5.56 Å². The summed E-state index contributed by atoms with van der Waals surface area (Å²) in [7, 11) is 0. The average Bonchev–Trinajstić information content (AvgIpc) is 2.30. The Bertz CT molecular complexity index is 596. The lowest BCUT2D eigenvalue weighted by Crippen LogP contribution is -2.01. The molecule has 0 saturated carbocycles. The first-order valence-corrected chi connectivity index (χ1v) is 9.21. The second kappa shape index (κ2) is 7.21. The predicted molar refractivity (Wildman–Crippen MR) is 103 cm³/mol. The summed E-state index contributed by atoms with van der Waals surface area (Å²) in [6, 6.07) is 9.06. The highest BCUT2D eigenvalue weighted by Crippen LogP contribution is 2.30. The molecule has 1 nitrogen and oxygen atoms in total. The van der Waals surface area contributed by atoms with Gasteiger partial charge < -0.3 is 4.74 Å². The van der Waals surface area contributed by atoms with Gasteiger partial charge in [0, 0.05) is 13.6 Å². The van der Waals surface area contributed by atoms with Gasteiger partial charge in [0.15, 0.2) is 0 Å². The molecular weight excluding hydrogens is 652 g/mol. The van der Waals surface area contributed by atoms with Crippen LogP contribution in [0.1, 0.15) is 5.56 Å². The first kappa shape index (κ1) is 16.2. The van der Waals surface area contributed by atoms with E-state index in [-0.39, 0.29) is 12.4 Å². The standard InChI is InChI=1S/C13H7BrFI3O/c14-8-2-1-7(10(15)3-8)6-19-13-11(17)4-9(16)5-12(13)18/h1-5H,6H2. The van der Waals surface area contributed by atoms with Gasteiger partial charge in [-0.2, -0.15) is 0 Å². The molecule has 100 valence electrons. The molecule has 0 heterocycles. The Morgan fingerprint density at radius 2 is 1.68 bits per heavy atom. The third kappa shape index (κ3) is 4.40. The number of hydrogen-bond acceptors (Lipinski definition) is 1. The molecule has 2 aromatic carbocycles. The van der Waals surface area contributed by atoms with Crippen LogP contribution < -0.4 is 4.74 Å². The molecule has 2 aromatic rings. The Morgan fingerprint density at radius 3 is 2.26 bits per heavy atom. The maximum absolute atomic E-state index is 13.7. The third-order valence-electron chi connectivity index (χ3n) is 2.35. The molecule has 0 fully saturated rings. The highest BCUT2D eigenvalue weighted by molar-refractivity contribution is 14.1. The molecule has 0 unspecified atom stereocenters. The van der Waals surface area contributed by atoms with Gasteiger partial charge in [0.2, 0.25) is 0 Å². The van der Waals surface area contributed by atoms with Crippen molar-refractivity contribution < 1.29 is 9.13 Å². The predicted octanol–water partition coefficient (Wildman–Crippen LogP) is 5.98. The summed E-state index contributed by atoms with van der Waals surface area (Å²) >= 11 is 9.97. The number of ether oxygens (including phenoxy) is 1. The lowest BCUT2D eigenvalue weighted by atomic mass is 10.2. The van der Waals surface area contributed by atoms with Crippen molar-refractivity contribution in [2.24, 2.45) is 0 Å². The summed E-state index contributed by atoms with van der Waals surface area (Å²) < 4.78 is 23.4. The maximum Gasteiger partial charge on any atom is 0.146 e. The first-order valence-electron chi connectivity index (χ1n) is 5.18. The van der Waals surface area contributed by atoms with E-state index in [1.807, 2.05) is 18.2 Å². The van der Waals surface area contributed by atoms with Gasteiger partial charge >= 0.3 is 0 Å². The van der Waals surface area contributed by atoms with Crippen LogP contribution in [0, 0.1) is 16.5 Å². The molecule has 0 atom stereocenters. The molecule has 0 amide bonds. The Labute approximate surface area is 160 Å². The van der Waals surface area contributed by atoms with E-state index in [0.717, 1.165) is 20.9 Å². The smallest absolute Gasteiger partial charge is 0.146 e. The minimum absolute atomic E-state index is 0.228. The second-order valence-electron chi connectivity index (χ2n) is 3.72. The lowest BCUT2D eigenvalue weighted by Gasteiger charge is -2.11. The number of benzene rings is 2. The third-order valence-corrected chi connectivity index (χ3v) is 5.07. The molecule has 0 aliphatic carbocycles. The molecule has 0 saturated heterocycles. The fourth-order valence-electron chi connectivity index (χ4n) is 1.46. The van der Waals surface area contributed by atoms with Gasteiger partial charge in [-0.3, -0.25) is 0 Å². The van der Waals surface area contributed by atoms with Crippen molar-refractivity contribution in [2.45, 2.75) is 6.61 Å². The van der Waals surface area contributed by atoms with Gasteiger partial charge in [0.05, 0.1) is 7.14 Å². The van der Waals surface area contributed by atoms with Gasteiger partial charge in [-0.1, -0.05) is 22.0 Å². The Balaban J connectivity index is 2.19. The van der Waals surface area contributed by atoms with Crippen LogP contribution in [0.3, 0.4) is 0 Å². The van der Waals surface area contributed by atoms with Crippen LogP contribution in [0.4, 0.5) is 4.39 Å². The minimum atomic E-state index is -0.259. The van der Waals surface area contributed by atoms with Crippen LogP contribution in [0.25, 0.3) is 0 Å². The molecule has 6 heteroatoms. The zero-order chi connectivity index (χ0) is 14.0. The molecule has 19 heavy (non-hydrogen) atoms. The van der Waals surface area contributed by atoms with Crippen molar-refractivity contribution in [1.29, 1.82) is 0 Å². The van der Waals surface area contributed by atoms with Crippen molar-refractivity contribution in [3.8, 4) is 5.75 Å². The summed E-state index contributed by atoms with van der Waals surface area (Å²) in [5, 5.41) is 0. The van der Waals surface area contributed by atoms with Crippen LogP contribution in [-0.4, -0.2) is 0 Å². The molecular formula is C13H7BrFI3O. The maximum atomic E-state index is 13.7. The zero-order valence-electron chi connectivity index (χ0n) is 9.39. The monoisotopic (exact) mass is 658 g/mol. The van der Waals surface area contributed by atoms with Crippen molar-refractivity contribution in [1.82, 2.24) is 0 Å². The largest absolute Gasteiger partial charge is 0.487 e. The van der Waals surface area contributed by atoms with Crippen LogP contribution in [0.15, 0.2) is 34.8 Å². The second-order valence-corrected chi connectivity index (χ2v) is 8.21. The summed E-state index contributed by atoms with van der Waals surface area (Å²) in [6.07, 6.45) is 0. The normalized spacial score (nSPS) is 10.6. The van der Waals surface area contributed by atoms with Gasteiger partial charge in [-0.25, -0.2) is 4.39 Å². The van der Waals surface area contributed by atoms with Gasteiger partial charge in [0.1, 0.15) is 18.2 Å². The minimum Gasteiger partial charge on any atom is -0.487 e. The molecule has 0 aromatic heterocycles. The Hall–Kier alpha value is 0.840. The molecule has 0 N–H and O–H groups in total. The SMILES string of the molecule is Fc1cc(Br)ccc1COc1c(I)cc(I)cc1I. The lowest BCUT2D eigenvalue weighted by molar-refractivity contribution is 0.295. The van der Waals surface area contributed by atoms with E-state index in [1.165, 1.54) is 6.07 Å². The van der Waals surface area contributed by atoms with Crippen molar-refractivity contribution >= 4 is 83.7 Å². The van der Waals surface area contributed by atoms with E-state index in [4.69, 9.17) is 4.74 Å². The van der Waals surface area contributed by atoms with Crippen LogP contribution in [0.2, 0.25) is 0 Å². The fourth-order valence-corrected chi connectivity index (χ4v) is 5.68. The summed E-state index contributed by atoms with van der Waals surface area (Å²) in [4.78, 5) is 0. The Kier molecular flexibility index (Phi) is 6.15. The fraction of sp³-hybridized carbons (Fsp3) is 0.0769.